The van der Waals surface area contributed by atoms with Crippen molar-refractivity contribution in [1.82, 2.24) is 0 Å². The van der Waals surface area contributed by atoms with Crippen LogP contribution >= 0.6 is 0 Å². The Morgan fingerprint density at radius 1 is 1.47 bits per heavy atom. The Kier molecular flexibility index (Phi) is 4.14. The van der Waals surface area contributed by atoms with Crippen molar-refractivity contribution < 1.29 is 9.84 Å². The van der Waals surface area contributed by atoms with E-state index in [0.29, 0.717) is 17.7 Å². The number of para-hydroxylation sites is 1. The van der Waals surface area contributed by atoms with Gasteiger partial charge in [-0.3, -0.25) is 0 Å². The van der Waals surface area contributed by atoms with Crippen LogP contribution in [0.5, 0.6) is 5.75 Å². The van der Waals surface area contributed by atoms with Gasteiger partial charge in [-0.15, -0.1) is 0 Å². The lowest BCUT2D eigenvalue weighted by Crippen LogP contribution is -2.13. The summed E-state index contributed by atoms with van der Waals surface area (Å²) in [5, 5.41) is 18.3. The van der Waals surface area contributed by atoms with Crippen LogP contribution in [0.15, 0.2) is 24.3 Å². The molecule has 0 amide bonds. The summed E-state index contributed by atoms with van der Waals surface area (Å²) >= 11 is 0. The number of nitrogens with zero attached hydrogens (tertiary/aromatic N) is 1. The Morgan fingerprint density at radius 3 is 2.67 bits per heavy atom. The van der Waals surface area contributed by atoms with Gasteiger partial charge in [0.05, 0.1) is 6.10 Å². The maximum absolute atomic E-state index is 9.50. The second-order valence-electron chi connectivity index (χ2n) is 3.36. The molecule has 80 valence electrons. The van der Waals surface area contributed by atoms with E-state index in [1.54, 1.807) is 19.1 Å². The maximum atomic E-state index is 9.50. The van der Waals surface area contributed by atoms with Crippen molar-refractivity contribution in [3.8, 4) is 11.8 Å². The first kappa shape index (κ1) is 11.5. The number of rotatable bonds is 4. The molecule has 1 N–H and O–H groups in total. The minimum absolute atomic E-state index is 0.454. The summed E-state index contributed by atoms with van der Waals surface area (Å²) in [6.45, 7) is 3.56. The standard InChI is InChI=1S/C12H15NO2/c1-3-10(8-13)15-12-7-5-4-6-11(12)9(2)14/h4-7,9-10,14H,3H2,1-2H3. The monoisotopic (exact) mass is 205 g/mol. The summed E-state index contributed by atoms with van der Waals surface area (Å²) in [5.74, 6) is 0.584. The lowest BCUT2D eigenvalue weighted by molar-refractivity contribution is 0.184. The minimum Gasteiger partial charge on any atom is -0.475 e. The summed E-state index contributed by atoms with van der Waals surface area (Å²) in [7, 11) is 0. The van der Waals surface area contributed by atoms with Crippen LogP contribution in [-0.2, 0) is 0 Å². The predicted octanol–water partition coefficient (Wildman–Crippen LogP) is 2.42. The molecule has 0 aliphatic rings. The van der Waals surface area contributed by atoms with E-state index in [1.807, 2.05) is 19.1 Å². The first-order valence-electron chi connectivity index (χ1n) is 5.02. The van der Waals surface area contributed by atoms with Gasteiger partial charge in [0.2, 0.25) is 0 Å². The topological polar surface area (TPSA) is 53.2 Å². The number of hydrogen-bond acceptors (Lipinski definition) is 3. The molecule has 3 heteroatoms. The first-order chi connectivity index (χ1) is 7.19. The quantitative estimate of drug-likeness (QED) is 0.821. The molecule has 15 heavy (non-hydrogen) atoms. The zero-order valence-corrected chi connectivity index (χ0v) is 8.97. The summed E-state index contributed by atoms with van der Waals surface area (Å²) in [6, 6.07) is 9.28. The third-order valence-electron chi connectivity index (χ3n) is 2.15. The molecule has 0 saturated heterocycles. The molecule has 0 aromatic heterocycles. The summed E-state index contributed by atoms with van der Waals surface area (Å²) < 4.78 is 5.48. The summed E-state index contributed by atoms with van der Waals surface area (Å²) in [6.07, 6.45) is -0.410. The van der Waals surface area contributed by atoms with Crippen LogP contribution in [0.4, 0.5) is 0 Å². The van der Waals surface area contributed by atoms with Gasteiger partial charge in [-0.2, -0.15) is 5.26 Å². The molecule has 0 radical (unpaired) electrons. The third kappa shape index (κ3) is 2.97. The van der Waals surface area contributed by atoms with E-state index < -0.39 is 12.2 Å². The lowest BCUT2D eigenvalue weighted by Gasteiger charge is -2.15. The van der Waals surface area contributed by atoms with Crippen LogP contribution in [0.1, 0.15) is 31.9 Å². The molecule has 1 aromatic carbocycles. The van der Waals surface area contributed by atoms with E-state index >= 15 is 0 Å². The normalized spacial score (nSPS) is 14.0. The fourth-order valence-electron chi connectivity index (χ4n) is 1.29. The Morgan fingerprint density at radius 2 is 2.13 bits per heavy atom. The molecule has 0 saturated carbocycles. The number of nitriles is 1. The molecule has 0 spiro atoms. The first-order valence-corrected chi connectivity index (χ1v) is 5.02. The number of benzene rings is 1. The fraction of sp³-hybridized carbons (Fsp3) is 0.417. The van der Waals surface area contributed by atoms with E-state index in [4.69, 9.17) is 10.00 Å². The van der Waals surface area contributed by atoms with Gasteiger partial charge >= 0.3 is 0 Å². The van der Waals surface area contributed by atoms with Crippen LogP contribution in [0.25, 0.3) is 0 Å². The summed E-state index contributed by atoms with van der Waals surface area (Å²) in [4.78, 5) is 0. The fourth-order valence-corrected chi connectivity index (χ4v) is 1.29. The predicted molar refractivity (Wildman–Crippen MR) is 57.4 cm³/mol. The molecule has 0 bridgehead atoms. The van der Waals surface area contributed by atoms with Crippen LogP contribution in [0.2, 0.25) is 0 Å². The van der Waals surface area contributed by atoms with Gasteiger partial charge in [0.1, 0.15) is 11.8 Å². The molecule has 3 nitrogen and oxygen atoms in total. The lowest BCUT2D eigenvalue weighted by atomic mass is 10.1. The van der Waals surface area contributed by atoms with Gasteiger partial charge in [-0.1, -0.05) is 25.1 Å². The van der Waals surface area contributed by atoms with E-state index in [-0.39, 0.29) is 0 Å². The molecule has 0 fully saturated rings. The highest BCUT2D eigenvalue weighted by Gasteiger charge is 2.12. The van der Waals surface area contributed by atoms with E-state index in [0.717, 1.165) is 0 Å². The van der Waals surface area contributed by atoms with Gasteiger partial charge in [0, 0.05) is 5.56 Å². The van der Waals surface area contributed by atoms with Gasteiger partial charge < -0.3 is 9.84 Å². The number of hydrogen-bond donors (Lipinski definition) is 1. The van der Waals surface area contributed by atoms with Crippen molar-refractivity contribution >= 4 is 0 Å². The Bertz CT molecular complexity index is 355. The van der Waals surface area contributed by atoms with Gasteiger partial charge in [-0.05, 0) is 19.4 Å². The van der Waals surface area contributed by atoms with Crippen molar-refractivity contribution in [2.45, 2.75) is 32.5 Å². The van der Waals surface area contributed by atoms with Crippen molar-refractivity contribution in [2.24, 2.45) is 0 Å². The largest absolute Gasteiger partial charge is 0.475 e. The average molecular weight is 205 g/mol. The maximum Gasteiger partial charge on any atom is 0.184 e. The zero-order chi connectivity index (χ0) is 11.3. The summed E-state index contributed by atoms with van der Waals surface area (Å²) in [5.41, 5.74) is 0.714. The molecule has 1 rings (SSSR count). The Labute approximate surface area is 89.9 Å². The third-order valence-corrected chi connectivity index (χ3v) is 2.15. The van der Waals surface area contributed by atoms with Crippen molar-refractivity contribution in [3.05, 3.63) is 29.8 Å². The highest BCUT2D eigenvalue weighted by Crippen LogP contribution is 2.25. The second kappa shape index (κ2) is 5.38. The molecular weight excluding hydrogens is 190 g/mol. The zero-order valence-electron chi connectivity index (χ0n) is 8.97. The van der Waals surface area contributed by atoms with Crippen LogP contribution < -0.4 is 4.74 Å². The molecule has 1 aromatic rings. The van der Waals surface area contributed by atoms with E-state index in [2.05, 4.69) is 6.07 Å². The molecule has 2 unspecified atom stereocenters. The second-order valence-corrected chi connectivity index (χ2v) is 3.36. The van der Waals surface area contributed by atoms with Crippen molar-refractivity contribution in [2.75, 3.05) is 0 Å². The molecular formula is C12H15NO2. The van der Waals surface area contributed by atoms with E-state index in [9.17, 15) is 5.11 Å². The van der Waals surface area contributed by atoms with Crippen LogP contribution in [-0.4, -0.2) is 11.2 Å². The highest BCUT2D eigenvalue weighted by molar-refractivity contribution is 5.35. The van der Waals surface area contributed by atoms with Gasteiger partial charge in [-0.25, -0.2) is 0 Å². The van der Waals surface area contributed by atoms with Crippen LogP contribution in [0.3, 0.4) is 0 Å². The Hall–Kier alpha value is -1.53. The number of ether oxygens (including phenoxy) is 1. The molecule has 0 aliphatic heterocycles. The SMILES string of the molecule is CCC(C#N)Oc1ccccc1C(C)O. The number of aliphatic hydroxyl groups excluding tert-OH is 1. The molecule has 2 atom stereocenters. The smallest absolute Gasteiger partial charge is 0.184 e. The molecule has 0 aliphatic carbocycles. The Balaban J connectivity index is 2.89. The van der Waals surface area contributed by atoms with Gasteiger partial charge in [0.25, 0.3) is 0 Å². The molecule has 0 heterocycles. The van der Waals surface area contributed by atoms with E-state index in [1.165, 1.54) is 0 Å². The van der Waals surface area contributed by atoms with Crippen molar-refractivity contribution in [3.63, 3.8) is 0 Å². The van der Waals surface area contributed by atoms with Crippen LogP contribution in [0, 0.1) is 11.3 Å². The average Bonchev–Trinajstić information content (AvgIpc) is 2.26. The number of aliphatic hydroxyl groups is 1. The van der Waals surface area contributed by atoms with Crippen molar-refractivity contribution in [1.29, 1.82) is 5.26 Å². The minimum atomic E-state index is -0.586. The van der Waals surface area contributed by atoms with Gasteiger partial charge in [0.15, 0.2) is 6.10 Å². The highest BCUT2D eigenvalue weighted by atomic mass is 16.5.